The van der Waals surface area contributed by atoms with Crippen molar-refractivity contribution < 1.29 is 4.42 Å². The van der Waals surface area contributed by atoms with Crippen molar-refractivity contribution in [2.24, 2.45) is 7.05 Å². The minimum atomic E-state index is 0.0716. The molecule has 0 aliphatic rings. The van der Waals surface area contributed by atoms with Crippen LogP contribution in [0.3, 0.4) is 0 Å². The fourth-order valence-electron chi connectivity index (χ4n) is 1.57. The SMILES string of the molecule is CC(Sc1nccn1C)c1nnc(-c2cccs2)o1. The van der Waals surface area contributed by atoms with Crippen LogP contribution in [0, 0.1) is 0 Å². The van der Waals surface area contributed by atoms with Crippen LogP contribution in [0.2, 0.25) is 0 Å². The Balaban J connectivity index is 1.77. The number of aromatic nitrogens is 4. The van der Waals surface area contributed by atoms with Crippen molar-refractivity contribution in [1.82, 2.24) is 19.7 Å². The average molecular weight is 292 g/mol. The third-order valence-electron chi connectivity index (χ3n) is 2.58. The molecule has 0 fully saturated rings. The third-order valence-corrected chi connectivity index (χ3v) is 4.60. The zero-order chi connectivity index (χ0) is 13.2. The number of aryl methyl sites for hydroxylation is 1. The van der Waals surface area contributed by atoms with Crippen LogP contribution in [0.15, 0.2) is 39.5 Å². The Hall–Kier alpha value is -1.60. The molecule has 0 saturated heterocycles. The van der Waals surface area contributed by atoms with E-state index in [2.05, 4.69) is 15.2 Å². The summed E-state index contributed by atoms with van der Waals surface area (Å²) in [5.74, 6) is 1.20. The highest BCUT2D eigenvalue weighted by Crippen LogP contribution is 2.34. The summed E-state index contributed by atoms with van der Waals surface area (Å²) in [5, 5.41) is 11.2. The van der Waals surface area contributed by atoms with Gasteiger partial charge in [-0.1, -0.05) is 17.8 Å². The third kappa shape index (κ3) is 2.57. The Bertz CT molecular complexity index is 659. The largest absolute Gasteiger partial charge is 0.419 e. The molecule has 1 unspecified atom stereocenters. The first-order valence-corrected chi connectivity index (χ1v) is 7.51. The fourth-order valence-corrected chi connectivity index (χ4v) is 3.08. The summed E-state index contributed by atoms with van der Waals surface area (Å²) in [4.78, 5) is 5.27. The van der Waals surface area contributed by atoms with Crippen molar-refractivity contribution in [3.8, 4) is 10.8 Å². The van der Waals surface area contributed by atoms with Gasteiger partial charge in [0.25, 0.3) is 5.89 Å². The van der Waals surface area contributed by atoms with Crippen molar-refractivity contribution in [3.05, 3.63) is 35.8 Å². The summed E-state index contributed by atoms with van der Waals surface area (Å²) in [6.45, 7) is 2.03. The topological polar surface area (TPSA) is 56.7 Å². The molecule has 3 heterocycles. The van der Waals surface area contributed by atoms with Gasteiger partial charge in [0.2, 0.25) is 5.89 Å². The van der Waals surface area contributed by atoms with Crippen molar-refractivity contribution in [3.63, 3.8) is 0 Å². The van der Waals surface area contributed by atoms with Crippen LogP contribution in [-0.4, -0.2) is 19.7 Å². The number of thiophene rings is 1. The van der Waals surface area contributed by atoms with Gasteiger partial charge in [0.05, 0.1) is 10.1 Å². The molecule has 0 amide bonds. The molecular formula is C12H12N4OS2. The van der Waals surface area contributed by atoms with E-state index in [1.807, 2.05) is 42.2 Å². The predicted octanol–water partition coefficient (Wildman–Crippen LogP) is 3.38. The number of nitrogens with zero attached hydrogens (tertiary/aromatic N) is 4. The molecule has 0 aliphatic heterocycles. The monoisotopic (exact) mass is 292 g/mol. The van der Waals surface area contributed by atoms with E-state index in [9.17, 15) is 0 Å². The van der Waals surface area contributed by atoms with Gasteiger partial charge in [0.1, 0.15) is 0 Å². The van der Waals surface area contributed by atoms with Crippen LogP contribution in [0.25, 0.3) is 10.8 Å². The lowest BCUT2D eigenvalue weighted by Crippen LogP contribution is -1.94. The second-order valence-corrected chi connectivity index (χ2v) is 6.26. The lowest BCUT2D eigenvalue weighted by Gasteiger charge is -2.05. The van der Waals surface area contributed by atoms with Gasteiger partial charge >= 0.3 is 0 Å². The van der Waals surface area contributed by atoms with Crippen molar-refractivity contribution in [2.75, 3.05) is 0 Å². The second kappa shape index (κ2) is 5.18. The molecule has 3 aromatic heterocycles. The van der Waals surface area contributed by atoms with Gasteiger partial charge in [-0.2, -0.15) is 0 Å². The minimum Gasteiger partial charge on any atom is -0.419 e. The van der Waals surface area contributed by atoms with Gasteiger partial charge in [-0.05, 0) is 18.4 Å². The summed E-state index contributed by atoms with van der Waals surface area (Å²) < 4.78 is 7.68. The summed E-state index contributed by atoms with van der Waals surface area (Å²) >= 11 is 3.19. The van der Waals surface area contributed by atoms with E-state index >= 15 is 0 Å². The summed E-state index contributed by atoms with van der Waals surface area (Å²) in [7, 11) is 1.97. The Morgan fingerprint density at radius 1 is 1.42 bits per heavy atom. The number of rotatable bonds is 4. The van der Waals surface area contributed by atoms with Gasteiger partial charge in [0, 0.05) is 19.4 Å². The zero-order valence-electron chi connectivity index (χ0n) is 10.5. The van der Waals surface area contributed by atoms with E-state index in [4.69, 9.17) is 4.42 Å². The van der Waals surface area contributed by atoms with Crippen LogP contribution in [0.5, 0.6) is 0 Å². The first kappa shape index (κ1) is 12.4. The lowest BCUT2D eigenvalue weighted by atomic mass is 10.5. The molecule has 3 rings (SSSR count). The van der Waals surface area contributed by atoms with E-state index < -0.39 is 0 Å². The number of thioether (sulfide) groups is 1. The van der Waals surface area contributed by atoms with Crippen LogP contribution >= 0.6 is 23.1 Å². The predicted molar refractivity (Wildman–Crippen MR) is 75.1 cm³/mol. The molecular weight excluding hydrogens is 280 g/mol. The summed E-state index contributed by atoms with van der Waals surface area (Å²) in [6.07, 6.45) is 3.69. The molecule has 7 heteroatoms. The molecule has 0 aliphatic carbocycles. The van der Waals surface area contributed by atoms with E-state index in [0.717, 1.165) is 10.0 Å². The lowest BCUT2D eigenvalue weighted by molar-refractivity contribution is 0.509. The van der Waals surface area contributed by atoms with Crippen LogP contribution in [0.4, 0.5) is 0 Å². The zero-order valence-corrected chi connectivity index (χ0v) is 12.1. The van der Waals surface area contributed by atoms with Gasteiger partial charge in [-0.25, -0.2) is 4.98 Å². The Morgan fingerprint density at radius 3 is 3.00 bits per heavy atom. The molecule has 0 bridgehead atoms. The second-order valence-electron chi connectivity index (χ2n) is 4.00. The molecule has 0 radical (unpaired) electrons. The van der Waals surface area contributed by atoms with E-state index in [1.54, 1.807) is 29.3 Å². The summed E-state index contributed by atoms with van der Waals surface area (Å²) in [5.41, 5.74) is 0. The molecule has 0 saturated carbocycles. The van der Waals surface area contributed by atoms with Crippen LogP contribution in [-0.2, 0) is 7.05 Å². The van der Waals surface area contributed by atoms with Gasteiger partial charge in [-0.3, -0.25) is 0 Å². The number of imidazole rings is 1. The van der Waals surface area contributed by atoms with Crippen LogP contribution < -0.4 is 0 Å². The van der Waals surface area contributed by atoms with Gasteiger partial charge in [-0.15, -0.1) is 21.5 Å². The Morgan fingerprint density at radius 2 is 2.32 bits per heavy atom. The highest BCUT2D eigenvalue weighted by molar-refractivity contribution is 7.99. The van der Waals surface area contributed by atoms with E-state index in [1.165, 1.54) is 0 Å². The Labute approximate surface area is 118 Å². The minimum absolute atomic E-state index is 0.0716. The Kier molecular flexibility index (Phi) is 3.39. The maximum absolute atomic E-state index is 5.71. The van der Waals surface area contributed by atoms with Crippen molar-refractivity contribution >= 4 is 23.1 Å². The molecule has 0 aromatic carbocycles. The average Bonchev–Trinajstić information content (AvgIpc) is 3.09. The van der Waals surface area contributed by atoms with Crippen molar-refractivity contribution in [2.45, 2.75) is 17.3 Å². The maximum Gasteiger partial charge on any atom is 0.257 e. The molecule has 19 heavy (non-hydrogen) atoms. The molecule has 3 aromatic rings. The van der Waals surface area contributed by atoms with Crippen molar-refractivity contribution in [1.29, 1.82) is 0 Å². The smallest absolute Gasteiger partial charge is 0.257 e. The van der Waals surface area contributed by atoms with E-state index in [-0.39, 0.29) is 5.25 Å². The standard InChI is InChI=1S/C12H12N4OS2/c1-8(19-12-13-5-6-16(12)2)10-14-15-11(17-10)9-4-3-7-18-9/h3-8H,1-2H3. The van der Waals surface area contributed by atoms with E-state index in [0.29, 0.717) is 11.8 Å². The highest BCUT2D eigenvalue weighted by atomic mass is 32.2. The molecule has 5 nitrogen and oxygen atoms in total. The molecule has 98 valence electrons. The first-order valence-electron chi connectivity index (χ1n) is 5.75. The van der Waals surface area contributed by atoms with Gasteiger partial charge in [0.15, 0.2) is 5.16 Å². The quantitative estimate of drug-likeness (QED) is 0.690. The molecule has 1 atom stereocenters. The normalized spacial score (nSPS) is 12.7. The number of hydrogen-bond acceptors (Lipinski definition) is 6. The van der Waals surface area contributed by atoms with Gasteiger partial charge < -0.3 is 8.98 Å². The van der Waals surface area contributed by atoms with Crippen LogP contribution in [0.1, 0.15) is 18.1 Å². The highest BCUT2D eigenvalue weighted by Gasteiger charge is 2.18. The molecule has 0 N–H and O–H groups in total. The maximum atomic E-state index is 5.71. The summed E-state index contributed by atoms with van der Waals surface area (Å²) in [6, 6.07) is 3.94. The fraction of sp³-hybridized carbons (Fsp3) is 0.250. The molecule has 0 spiro atoms. The number of hydrogen-bond donors (Lipinski definition) is 0. The first-order chi connectivity index (χ1) is 9.24.